The first-order valence-electron chi connectivity index (χ1n) is 14.2. The van der Waals surface area contributed by atoms with Gasteiger partial charge in [0.15, 0.2) is 11.6 Å². The molecule has 3 aliphatic rings. The number of pyridine rings is 1. The van der Waals surface area contributed by atoms with Crippen molar-refractivity contribution in [1.82, 2.24) is 19.4 Å². The number of aromatic carboxylic acids is 1. The molecule has 0 radical (unpaired) electrons. The molecule has 2 aromatic carbocycles. The molecule has 7 rings (SSSR count). The summed E-state index contributed by atoms with van der Waals surface area (Å²) in [5, 5.41) is 18.5. The van der Waals surface area contributed by atoms with E-state index in [9.17, 15) is 14.3 Å². The molecule has 0 aliphatic carbocycles. The molecule has 0 unspecified atom stereocenters. The summed E-state index contributed by atoms with van der Waals surface area (Å²) in [6.07, 6.45) is 1.07. The Balaban J connectivity index is 1.06. The van der Waals surface area contributed by atoms with E-state index in [1.54, 1.807) is 36.4 Å². The summed E-state index contributed by atoms with van der Waals surface area (Å²) in [5.41, 5.74) is 2.41. The Morgan fingerprint density at radius 2 is 2.05 bits per heavy atom. The van der Waals surface area contributed by atoms with Gasteiger partial charge in [-0.15, -0.1) is 0 Å². The van der Waals surface area contributed by atoms with Gasteiger partial charge >= 0.3 is 5.97 Å². The molecule has 0 amide bonds. The van der Waals surface area contributed by atoms with Gasteiger partial charge in [0.1, 0.15) is 24.9 Å². The monoisotopic (exact) mass is 584 g/mol. The SMILES string of the molecule is N#Cc1ccc(COc2ccc3c(n2)N2CCN(Cc4nc5ccc(C(=O)O)cc5n4C[C@@H]4CCO4)C[C@@H]2CO3)c(F)c1. The maximum atomic E-state index is 14.3. The van der Waals surface area contributed by atoms with Crippen molar-refractivity contribution < 1.29 is 28.5 Å². The van der Waals surface area contributed by atoms with Crippen LogP contribution in [0.5, 0.6) is 11.6 Å². The number of hydrogen-bond donors (Lipinski definition) is 1. The number of piperazine rings is 1. The highest BCUT2D eigenvalue weighted by molar-refractivity contribution is 5.92. The van der Waals surface area contributed by atoms with Gasteiger partial charge in [0, 0.05) is 37.9 Å². The first kappa shape index (κ1) is 27.1. The summed E-state index contributed by atoms with van der Waals surface area (Å²) in [5.74, 6) is 1.16. The molecule has 1 N–H and O–H groups in total. The van der Waals surface area contributed by atoms with Crippen molar-refractivity contribution in [1.29, 1.82) is 5.26 Å². The average molecular weight is 585 g/mol. The van der Waals surface area contributed by atoms with Crippen LogP contribution in [-0.2, 0) is 24.4 Å². The standard InChI is InChI=1S/C31H29FN6O5/c32-24-11-19(13-33)1-2-21(24)17-43-29-6-5-27-30(35-29)37-9-8-36(14-22(37)18-42-27)16-28-34-25-4-3-20(31(39)40)12-26(25)38(28)15-23-7-10-41-23/h1-6,11-12,22-23H,7-10,14-18H2,(H,39,40)/t22-,23+/m1/s1. The lowest BCUT2D eigenvalue weighted by Crippen LogP contribution is -2.57. The van der Waals surface area contributed by atoms with Gasteiger partial charge in [-0.25, -0.2) is 14.2 Å². The van der Waals surface area contributed by atoms with Gasteiger partial charge in [0.05, 0.1) is 53.5 Å². The van der Waals surface area contributed by atoms with Crippen LogP contribution >= 0.6 is 0 Å². The van der Waals surface area contributed by atoms with Gasteiger partial charge in [-0.3, -0.25) is 4.90 Å². The number of fused-ring (bicyclic) bond motifs is 4. The number of ether oxygens (including phenoxy) is 3. The number of hydrogen-bond acceptors (Lipinski definition) is 9. The van der Waals surface area contributed by atoms with Crippen LogP contribution in [0.25, 0.3) is 11.0 Å². The highest BCUT2D eigenvalue weighted by Crippen LogP contribution is 2.36. The van der Waals surface area contributed by atoms with Gasteiger partial charge < -0.3 is 28.8 Å². The Hall–Kier alpha value is -4.73. The maximum Gasteiger partial charge on any atom is 0.335 e. The predicted octanol–water partition coefficient (Wildman–Crippen LogP) is 3.59. The molecular weight excluding hydrogens is 555 g/mol. The van der Waals surface area contributed by atoms with Gasteiger partial charge in [0.2, 0.25) is 5.88 Å². The molecule has 0 spiro atoms. The Morgan fingerprint density at radius 1 is 1.16 bits per heavy atom. The maximum absolute atomic E-state index is 14.3. The van der Waals surface area contributed by atoms with Crippen molar-refractivity contribution in [3.63, 3.8) is 0 Å². The highest BCUT2D eigenvalue weighted by Gasteiger charge is 2.35. The molecular formula is C31H29FN6O5. The fourth-order valence-corrected chi connectivity index (χ4v) is 5.84. The van der Waals surface area contributed by atoms with Crippen LogP contribution in [0.3, 0.4) is 0 Å². The smallest absolute Gasteiger partial charge is 0.335 e. The number of carboxylic acid groups (broad SMARTS) is 1. The molecule has 3 aliphatic heterocycles. The molecule has 11 nitrogen and oxygen atoms in total. The van der Waals surface area contributed by atoms with E-state index in [1.807, 2.05) is 12.1 Å². The fraction of sp³-hybridized carbons (Fsp3) is 0.355. The van der Waals surface area contributed by atoms with E-state index in [-0.39, 0.29) is 29.9 Å². The third kappa shape index (κ3) is 5.33. The van der Waals surface area contributed by atoms with Crippen LogP contribution in [0.4, 0.5) is 10.2 Å². The Morgan fingerprint density at radius 3 is 2.81 bits per heavy atom. The number of halogens is 1. The number of rotatable bonds is 8. The van der Waals surface area contributed by atoms with Crippen molar-refractivity contribution in [3.8, 4) is 17.7 Å². The van der Waals surface area contributed by atoms with Crippen molar-refractivity contribution >= 4 is 22.8 Å². The first-order valence-corrected chi connectivity index (χ1v) is 14.2. The van der Waals surface area contributed by atoms with E-state index in [0.717, 1.165) is 49.5 Å². The average Bonchev–Trinajstić information content (AvgIpc) is 3.33. The van der Waals surface area contributed by atoms with Crippen molar-refractivity contribution in [2.75, 3.05) is 37.7 Å². The van der Waals surface area contributed by atoms with E-state index in [4.69, 9.17) is 29.4 Å². The van der Waals surface area contributed by atoms with E-state index in [1.165, 1.54) is 6.07 Å². The van der Waals surface area contributed by atoms with Crippen LogP contribution in [-0.4, -0.2) is 75.5 Å². The molecule has 43 heavy (non-hydrogen) atoms. The summed E-state index contributed by atoms with van der Waals surface area (Å²) >= 11 is 0. The molecule has 2 atom stereocenters. The van der Waals surface area contributed by atoms with Gasteiger partial charge in [-0.2, -0.15) is 10.2 Å². The van der Waals surface area contributed by atoms with Crippen molar-refractivity contribution in [2.24, 2.45) is 0 Å². The third-order valence-electron chi connectivity index (χ3n) is 8.26. The number of nitrogens with zero attached hydrogens (tertiary/aromatic N) is 6. The molecule has 0 saturated carbocycles. The third-order valence-corrected chi connectivity index (χ3v) is 8.26. The molecule has 4 aromatic rings. The Kier molecular flexibility index (Phi) is 7.04. The minimum absolute atomic E-state index is 0.0117. The number of carbonyl (C=O) groups is 1. The van der Waals surface area contributed by atoms with Crippen molar-refractivity contribution in [3.05, 3.63) is 76.9 Å². The lowest BCUT2D eigenvalue weighted by molar-refractivity contribution is -0.0592. The summed E-state index contributed by atoms with van der Waals surface area (Å²) in [6.45, 7) is 4.69. The molecule has 12 heteroatoms. The van der Waals surface area contributed by atoms with Gasteiger partial charge in [-0.05, 0) is 42.8 Å². The molecule has 2 fully saturated rings. The van der Waals surface area contributed by atoms with E-state index in [2.05, 4.69) is 14.4 Å². The zero-order chi connectivity index (χ0) is 29.5. The summed E-state index contributed by atoms with van der Waals surface area (Å²) < 4.78 is 34.0. The van der Waals surface area contributed by atoms with E-state index in [0.29, 0.717) is 42.7 Å². The molecule has 2 aromatic heterocycles. The number of anilines is 1. The van der Waals surface area contributed by atoms with Gasteiger partial charge in [-0.1, -0.05) is 6.07 Å². The second kappa shape index (κ2) is 11.2. The number of imidazole rings is 1. The normalized spacial score (nSPS) is 19.6. The number of carboxylic acids is 1. The van der Waals surface area contributed by atoms with Gasteiger partial charge in [0.25, 0.3) is 0 Å². The minimum atomic E-state index is -0.964. The lowest BCUT2D eigenvalue weighted by Gasteiger charge is -2.44. The van der Waals surface area contributed by atoms with E-state index < -0.39 is 11.8 Å². The number of benzene rings is 2. The first-order chi connectivity index (χ1) is 20.9. The van der Waals surface area contributed by atoms with E-state index >= 15 is 0 Å². The minimum Gasteiger partial charge on any atom is -0.488 e. The van der Waals surface area contributed by atoms with Crippen LogP contribution in [0.2, 0.25) is 0 Å². The zero-order valence-electron chi connectivity index (χ0n) is 23.3. The highest BCUT2D eigenvalue weighted by atomic mass is 19.1. The second-order valence-electron chi connectivity index (χ2n) is 11.0. The molecule has 2 saturated heterocycles. The fourth-order valence-electron chi connectivity index (χ4n) is 5.84. The summed E-state index contributed by atoms with van der Waals surface area (Å²) in [6, 6.07) is 14.9. The second-order valence-corrected chi connectivity index (χ2v) is 11.0. The lowest BCUT2D eigenvalue weighted by atomic mass is 10.1. The summed E-state index contributed by atoms with van der Waals surface area (Å²) in [4.78, 5) is 25.8. The number of nitriles is 1. The Labute approximate surface area is 246 Å². The zero-order valence-corrected chi connectivity index (χ0v) is 23.3. The van der Waals surface area contributed by atoms with Crippen molar-refractivity contribution in [2.45, 2.75) is 38.3 Å². The predicted molar refractivity (Wildman–Crippen MR) is 153 cm³/mol. The molecule has 5 heterocycles. The molecule has 220 valence electrons. The van der Waals surface area contributed by atoms with Crippen LogP contribution < -0.4 is 14.4 Å². The Bertz CT molecular complexity index is 1750. The summed E-state index contributed by atoms with van der Waals surface area (Å²) in [7, 11) is 0. The molecule has 0 bridgehead atoms. The van der Waals surface area contributed by atoms with Crippen LogP contribution in [0, 0.1) is 17.1 Å². The topological polar surface area (TPSA) is 126 Å². The van der Waals surface area contributed by atoms with Crippen LogP contribution in [0.1, 0.15) is 33.7 Å². The number of aromatic nitrogens is 3. The van der Waals surface area contributed by atoms with Crippen LogP contribution in [0.15, 0.2) is 48.5 Å². The quantitative estimate of drug-likeness (QED) is 0.328. The largest absolute Gasteiger partial charge is 0.488 e.